The minimum atomic E-state index is -0.503. The van der Waals surface area contributed by atoms with E-state index in [0.717, 1.165) is 50.7 Å². The zero-order chi connectivity index (χ0) is 22.9. The van der Waals surface area contributed by atoms with Crippen LogP contribution in [0, 0.1) is 0 Å². The molecule has 2 saturated heterocycles. The lowest BCUT2D eigenvalue weighted by molar-refractivity contribution is -0.389. The van der Waals surface area contributed by atoms with E-state index >= 15 is 0 Å². The van der Waals surface area contributed by atoms with E-state index in [4.69, 9.17) is 19.9 Å². The quantitative estimate of drug-likeness (QED) is 0.321. The van der Waals surface area contributed by atoms with Crippen molar-refractivity contribution >= 4 is 0 Å². The van der Waals surface area contributed by atoms with Crippen molar-refractivity contribution < 1.29 is 14.2 Å². The van der Waals surface area contributed by atoms with Crippen molar-refractivity contribution in [3.05, 3.63) is 29.8 Å². The molecule has 5 heteroatoms. The number of ether oxygens (including phenoxy) is 3. The first-order valence-corrected chi connectivity index (χ1v) is 13.2. The van der Waals surface area contributed by atoms with E-state index in [1.54, 1.807) is 0 Å². The normalized spacial score (nSPS) is 28.1. The van der Waals surface area contributed by atoms with Gasteiger partial charge < -0.3 is 19.9 Å². The van der Waals surface area contributed by atoms with Crippen LogP contribution in [0.4, 0.5) is 0 Å². The van der Waals surface area contributed by atoms with Gasteiger partial charge in [-0.3, -0.25) is 5.32 Å². The van der Waals surface area contributed by atoms with Gasteiger partial charge in [-0.2, -0.15) is 0 Å². The van der Waals surface area contributed by atoms with E-state index in [1.807, 2.05) is 0 Å². The van der Waals surface area contributed by atoms with Crippen LogP contribution in [-0.4, -0.2) is 30.4 Å². The summed E-state index contributed by atoms with van der Waals surface area (Å²) in [6, 6.07) is 8.82. The average molecular weight is 447 g/mol. The number of unbranched alkanes of at least 4 members (excludes halogenated alkanes) is 5. The number of hydrogen-bond donors (Lipinski definition) is 2. The highest BCUT2D eigenvalue weighted by Gasteiger charge is 2.58. The van der Waals surface area contributed by atoms with E-state index in [0.29, 0.717) is 6.54 Å². The molecule has 0 aromatic heterocycles. The Balaban J connectivity index is 1.40. The molecule has 1 spiro atoms. The number of nitrogens with one attached hydrogen (secondary N) is 1. The van der Waals surface area contributed by atoms with Crippen molar-refractivity contribution in [2.75, 3.05) is 6.54 Å². The van der Waals surface area contributed by atoms with Crippen molar-refractivity contribution in [2.24, 2.45) is 5.73 Å². The fraction of sp³-hybridized carbons (Fsp3) is 0.778. The molecule has 2 fully saturated rings. The fourth-order valence-electron chi connectivity index (χ4n) is 5.04. The molecule has 2 aliphatic heterocycles. The summed E-state index contributed by atoms with van der Waals surface area (Å²) in [5, 5.41) is 3.69. The first-order valence-electron chi connectivity index (χ1n) is 13.2. The van der Waals surface area contributed by atoms with Gasteiger partial charge in [-0.15, -0.1) is 0 Å². The summed E-state index contributed by atoms with van der Waals surface area (Å²) in [5.74, 6) is 0.372. The van der Waals surface area contributed by atoms with E-state index in [1.165, 1.54) is 44.1 Å². The van der Waals surface area contributed by atoms with Gasteiger partial charge in [0.15, 0.2) is 5.79 Å². The molecule has 182 valence electrons. The van der Waals surface area contributed by atoms with Crippen LogP contribution >= 0.6 is 0 Å². The Bertz CT molecular complexity index is 659. The zero-order valence-electron chi connectivity index (χ0n) is 20.7. The topological polar surface area (TPSA) is 65.7 Å². The monoisotopic (exact) mass is 446 g/mol. The highest BCUT2D eigenvalue weighted by Crippen LogP contribution is 2.49. The van der Waals surface area contributed by atoms with Gasteiger partial charge in [0, 0.05) is 19.0 Å². The van der Waals surface area contributed by atoms with Gasteiger partial charge >= 0.3 is 0 Å². The molecular formula is C27H46N2O3. The fourth-order valence-corrected chi connectivity index (χ4v) is 5.04. The van der Waals surface area contributed by atoms with Gasteiger partial charge in [-0.25, -0.2) is 0 Å². The largest absolute Gasteiger partial charge is 0.465 e. The summed E-state index contributed by atoms with van der Waals surface area (Å²) in [6.07, 6.45) is 14.6. The van der Waals surface area contributed by atoms with Crippen molar-refractivity contribution in [2.45, 2.75) is 128 Å². The molecule has 2 aliphatic rings. The maximum absolute atomic E-state index is 6.50. The van der Waals surface area contributed by atoms with Crippen molar-refractivity contribution in [1.29, 1.82) is 0 Å². The van der Waals surface area contributed by atoms with Crippen LogP contribution in [0.2, 0.25) is 0 Å². The minimum Gasteiger partial charge on any atom is -0.465 e. The lowest BCUT2D eigenvalue weighted by Gasteiger charge is -2.46. The molecule has 32 heavy (non-hydrogen) atoms. The minimum absolute atomic E-state index is 0.229. The van der Waals surface area contributed by atoms with Crippen molar-refractivity contribution in [3.8, 4) is 5.75 Å². The number of benzene rings is 1. The molecule has 0 bridgehead atoms. The van der Waals surface area contributed by atoms with Gasteiger partial charge in [0.05, 0.1) is 6.42 Å². The van der Waals surface area contributed by atoms with Crippen molar-refractivity contribution in [3.63, 3.8) is 0 Å². The van der Waals surface area contributed by atoms with E-state index in [-0.39, 0.29) is 18.1 Å². The molecule has 4 atom stereocenters. The van der Waals surface area contributed by atoms with Gasteiger partial charge in [0.1, 0.15) is 11.5 Å². The average Bonchev–Trinajstić information content (AvgIpc) is 3.17. The summed E-state index contributed by atoms with van der Waals surface area (Å²) in [7, 11) is 0. The van der Waals surface area contributed by atoms with Crippen LogP contribution in [-0.2, 0) is 15.9 Å². The smallest absolute Gasteiger partial charge is 0.207 e. The Morgan fingerprint density at radius 1 is 1.03 bits per heavy atom. The van der Waals surface area contributed by atoms with Crippen LogP contribution in [0.1, 0.15) is 103 Å². The van der Waals surface area contributed by atoms with E-state index in [2.05, 4.69) is 50.4 Å². The second kappa shape index (κ2) is 12.4. The SMILES string of the molecule is CCCCCCCCc1ccc(OC2CC3(CCC(CC)(NC(CN)CCC)O3)O2)cc1. The maximum atomic E-state index is 6.50. The summed E-state index contributed by atoms with van der Waals surface area (Å²) in [4.78, 5) is 0. The highest BCUT2D eigenvalue weighted by atomic mass is 16.8. The number of rotatable bonds is 15. The van der Waals surface area contributed by atoms with Crippen LogP contribution < -0.4 is 15.8 Å². The highest BCUT2D eigenvalue weighted by molar-refractivity contribution is 5.27. The zero-order valence-corrected chi connectivity index (χ0v) is 20.7. The molecule has 2 heterocycles. The van der Waals surface area contributed by atoms with Crippen LogP contribution in [0.5, 0.6) is 5.75 Å². The Labute approximate surface area is 195 Å². The van der Waals surface area contributed by atoms with Crippen LogP contribution in [0.15, 0.2) is 24.3 Å². The molecule has 1 aromatic rings. The molecule has 3 rings (SSSR count). The number of aryl methyl sites for hydroxylation is 1. The van der Waals surface area contributed by atoms with E-state index in [9.17, 15) is 0 Å². The van der Waals surface area contributed by atoms with Gasteiger partial charge in [-0.05, 0) is 49.8 Å². The van der Waals surface area contributed by atoms with Crippen LogP contribution in [0.25, 0.3) is 0 Å². The predicted molar refractivity (Wildman–Crippen MR) is 131 cm³/mol. The molecular weight excluding hydrogens is 400 g/mol. The summed E-state index contributed by atoms with van der Waals surface area (Å²) in [5.41, 5.74) is 7.02. The molecule has 0 aliphatic carbocycles. The predicted octanol–water partition coefficient (Wildman–Crippen LogP) is 6.04. The molecule has 0 saturated carbocycles. The maximum Gasteiger partial charge on any atom is 0.207 e. The number of nitrogens with two attached hydrogens (primary N) is 1. The molecule has 0 radical (unpaired) electrons. The third-order valence-electron chi connectivity index (χ3n) is 7.08. The molecule has 4 unspecified atom stereocenters. The van der Waals surface area contributed by atoms with Gasteiger partial charge in [0.2, 0.25) is 6.29 Å². The van der Waals surface area contributed by atoms with E-state index < -0.39 is 5.79 Å². The number of hydrogen-bond acceptors (Lipinski definition) is 5. The van der Waals surface area contributed by atoms with Crippen LogP contribution in [0.3, 0.4) is 0 Å². The standard InChI is InChI=1S/C27H46N2O3/c1-4-7-8-9-10-11-13-22-14-16-24(17-15-22)30-25-20-27(31-25)19-18-26(6-3,32-27)29-23(21-28)12-5-2/h14-17,23,25,29H,4-13,18-21,28H2,1-3H3. The lowest BCUT2D eigenvalue weighted by Crippen LogP contribution is -2.58. The summed E-state index contributed by atoms with van der Waals surface area (Å²) >= 11 is 0. The Kier molecular flexibility index (Phi) is 9.84. The Hall–Kier alpha value is -1.14. The van der Waals surface area contributed by atoms with Gasteiger partial charge in [-0.1, -0.05) is 71.4 Å². The third-order valence-corrected chi connectivity index (χ3v) is 7.08. The first kappa shape index (κ1) is 25.5. The molecule has 5 nitrogen and oxygen atoms in total. The van der Waals surface area contributed by atoms with Crippen molar-refractivity contribution in [1.82, 2.24) is 5.32 Å². The molecule has 1 aromatic carbocycles. The second-order valence-electron chi connectivity index (χ2n) is 9.76. The summed E-state index contributed by atoms with van der Waals surface area (Å²) < 4.78 is 18.7. The first-order chi connectivity index (χ1) is 15.6. The Morgan fingerprint density at radius 2 is 1.75 bits per heavy atom. The Morgan fingerprint density at radius 3 is 2.41 bits per heavy atom. The summed E-state index contributed by atoms with van der Waals surface area (Å²) in [6.45, 7) is 7.26. The second-order valence-corrected chi connectivity index (χ2v) is 9.76. The van der Waals surface area contributed by atoms with Gasteiger partial charge in [0.25, 0.3) is 0 Å². The molecule has 3 N–H and O–H groups in total. The molecule has 0 amide bonds. The third kappa shape index (κ3) is 6.93. The lowest BCUT2D eigenvalue weighted by atomic mass is 9.99.